The van der Waals surface area contributed by atoms with Gasteiger partial charge in [0.2, 0.25) is 0 Å². The summed E-state index contributed by atoms with van der Waals surface area (Å²) >= 11 is 5.76. The molecule has 0 radical (unpaired) electrons. The minimum atomic E-state index is 0.583. The molecule has 5 heteroatoms. The highest BCUT2D eigenvalue weighted by Crippen LogP contribution is 2.25. The number of aryl methyl sites for hydroxylation is 1. The molecule has 3 rings (SSSR count). The number of likely N-dealkylation sites (N-methyl/N-ethyl adjacent to an activating group) is 1. The summed E-state index contributed by atoms with van der Waals surface area (Å²) in [6.45, 7) is 20.2. The Morgan fingerprint density at radius 2 is 1.75 bits per heavy atom. The second-order valence-electron chi connectivity index (χ2n) is 9.81. The van der Waals surface area contributed by atoms with Crippen LogP contribution in [0.5, 0.6) is 0 Å². The molecule has 0 N–H and O–H groups in total. The highest BCUT2D eigenvalue weighted by atomic mass is 32.1. The predicted octanol–water partition coefficient (Wildman–Crippen LogP) is 5.50. The van der Waals surface area contributed by atoms with Crippen LogP contribution >= 0.6 is 12.2 Å². The standard InChI is InChI=1S/C27H42N4S/c1-7-29-13-15-30(16-14-29)27-17-22(6)25-19-23(10-11-26(25)28-27)18-24(32)9-8-12-31(20(2)3)21(4)5/h10-11,17,19-21H,7-9,12-16,18H2,1-6H3. The van der Waals surface area contributed by atoms with Gasteiger partial charge >= 0.3 is 0 Å². The SMILES string of the molecule is CCN1CCN(c2cc(C)c3cc(CC(=S)CCCN(C(C)C)C(C)C)ccc3n2)CC1. The van der Waals surface area contributed by atoms with E-state index >= 15 is 0 Å². The number of thiocarbonyl (C=S) groups is 1. The zero-order valence-electron chi connectivity index (χ0n) is 21.0. The Kier molecular flexibility index (Phi) is 9.04. The number of fused-ring (bicyclic) bond motifs is 1. The molecule has 2 heterocycles. The number of benzene rings is 1. The molecule has 0 spiro atoms. The normalized spacial score (nSPS) is 15.5. The largest absolute Gasteiger partial charge is 0.354 e. The minimum absolute atomic E-state index is 0.583. The first-order valence-corrected chi connectivity index (χ1v) is 12.8. The Labute approximate surface area is 201 Å². The lowest BCUT2D eigenvalue weighted by molar-refractivity contribution is 0.174. The van der Waals surface area contributed by atoms with Crippen molar-refractivity contribution in [2.75, 3.05) is 44.2 Å². The summed E-state index contributed by atoms with van der Waals surface area (Å²) in [5.74, 6) is 1.12. The molecule has 0 atom stereocenters. The van der Waals surface area contributed by atoms with Gasteiger partial charge in [-0.25, -0.2) is 4.98 Å². The summed E-state index contributed by atoms with van der Waals surface area (Å²) in [4.78, 5) is 13.6. The van der Waals surface area contributed by atoms with Gasteiger partial charge in [-0.2, -0.15) is 0 Å². The third-order valence-electron chi connectivity index (χ3n) is 6.81. The topological polar surface area (TPSA) is 22.6 Å². The monoisotopic (exact) mass is 454 g/mol. The van der Waals surface area contributed by atoms with Crippen molar-refractivity contribution in [3.8, 4) is 0 Å². The van der Waals surface area contributed by atoms with Gasteiger partial charge in [-0.05, 0) is 94.7 Å². The van der Waals surface area contributed by atoms with Crippen LogP contribution in [0.2, 0.25) is 0 Å². The Morgan fingerprint density at radius 3 is 2.38 bits per heavy atom. The van der Waals surface area contributed by atoms with E-state index in [-0.39, 0.29) is 0 Å². The van der Waals surface area contributed by atoms with E-state index in [1.165, 1.54) is 16.5 Å². The van der Waals surface area contributed by atoms with Gasteiger partial charge in [0.25, 0.3) is 0 Å². The molecule has 1 aliphatic rings. The fourth-order valence-corrected chi connectivity index (χ4v) is 5.19. The lowest BCUT2D eigenvalue weighted by Crippen LogP contribution is -2.46. The van der Waals surface area contributed by atoms with Crippen LogP contribution in [0.3, 0.4) is 0 Å². The van der Waals surface area contributed by atoms with Crippen LogP contribution < -0.4 is 4.90 Å². The molecule has 0 aliphatic carbocycles. The van der Waals surface area contributed by atoms with E-state index in [0.29, 0.717) is 12.1 Å². The maximum absolute atomic E-state index is 5.76. The first-order chi connectivity index (χ1) is 15.3. The van der Waals surface area contributed by atoms with Crippen molar-refractivity contribution in [2.24, 2.45) is 0 Å². The summed E-state index contributed by atoms with van der Waals surface area (Å²) < 4.78 is 0. The maximum atomic E-state index is 5.76. The molecule has 0 amide bonds. The van der Waals surface area contributed by atoms with Gasteiger partial charge in [0.1, 0.15) is 5.82 Å². The molecule has 1 aliphatic heterocycles. The van der Waals surface area contributed by atoms with E-state index in [0.717, 1.165) is 74.7 Å². The Balaban J connectivity index is 1.61. The number of hydrogen-bond donors (Lipinski definition) is 0. The van der Waals surface area contributed by atoms with Crippen LogP contribution in [-0.2, 0) is 6.42 Å². The first-order valence-electron chi connectivity index (χ1n) is 12.4. The lowest BCUT2D eigenvalue weighted by Gasteiger charge is -2.35. The van der Waals surface area contributed by atoms with Gasteiger partial charge in [0.05, 0.1) is 5.52 Å². The molecule has 1 fully saturated rings. The molecule has 1 saturated heterocycles. The van der Waals surface area contributed by atoms with E-state index in [2.05, 4.69) is 80.5 Å². The molecule has 0 unspecified atom stereocenters. The van der Waals surface area contributed by atoms with Crippen molar-refractivity contribution in [2.45, 2.75) is 72.9 Å². The number of nitrogens with zero attached hydrogens (tertiary/aromatic N) is 4. The molecule has 2 aromatic rings. The number of rotatable bonds is 10. The zero-order valence-corrected chi connectivity index (χ0v) is 21.8. The lowest BCUT2D eigenvalue weighted by atomic mass is 10.0. The molecule has 0 bridgehead atoms. The van der Waals surface area contributed by atoms with Crippen molar-refractivity contribution in [3.63, 3.8) is 0 Å². The molecule has 176 valence electrons. The number of piperazine rings is 1. The zero-order chi connectivity index (χ0) is 23.3. The van der Waals surface area contributed by atoms with Crippen molar-refractivity contribution < 1.29 is 0 Å². The molecule has 1 aromatic carbocycles. The summed E-state index contributed by atoms with van der Waals surface area (Å²) in [5.41, 5.74) is 3.71. The fourth-order valence-electron chi connectivity index (χ4n) is 4.88. The molecule has 4 nitrogen and oxygen atoms in total. The number of hydrogen-bond acceptors (Lipinski definition) is 5. The van der Waals surface area contributed by atoms with Crippen molar-refractivity contribution in [1.29, 1.82) is 0 Å². The Morgan fingerprint density at radius 1 is 1.06 bits per heavy atom. The van der Waals surface area contributed by atoms with Gasteiger partial charge in [0, 0.05) is 50.1 Å². The van der Waals surface area contributed by atoms with E-state index in [4.69, 9.17) is 17.2 Å². The van der Waals surface area contributed by atoms with Crippen LogP contribution in [0.4, 0.5) is 5.82 Å². The average molecular weight is 455 g/mol. The quantitative estimate of drug-likeness (QED) is 0.441. The van der Waals surface area contributed by atoms with Crippen LogP contribution in [-0.4, -0.2) is 71.0 Å². The van der Waals surface area contributed by atoms with E-state index in [9.17, 15) is 0 Å². The Hall–Kier alpha value is -1.56. The van der Waals surface area contributed by atoms with E-state index in [1.54, 1.807) is 0 Å². The maximum Gasteiger partial charge on any atom is 0.129 e. The number of aromatic nitrogens is 1. The molecular formula is C27H42N4S. The van der Waals surface area contributed by atoms with Crippen LogP contribution in [0.1, 0.15) is 58.6 Å². The van der Waals surface area contributed by atoms with Gasteiger partial charge < -0.3 is 9.80 Å². The van der Waals surface area contributed by atoms with E-state index < -0.39 is 0 Å². The van der Waals surface area contributed by atoms with Crippen LogP contribution in [0, 0.1) is 6.92 Å². The fraction of sp³-hybridized carbons (Fsp3) is 0.630. The molecule has 32 heavy (non-hydrogen) atoms. The number of pyridine rings is 1. The average Bonchev–Trinajstić information content (AvgIpc) is 2.76. The van der Waals surface area contributed by atoms with Gasteiger partial charge in [0.15, 0.2) is 0 Å². The number of anilines is 1. The summed E-state index contributed by atoms with van der Waals surface area (Å²) in [7, 11) is 0. The highest BCUT2D eigenvalue weighted by Gasteiger charge is 2.18. The van der Waals surface area contributed by atoms with Crippen molar-refractivity contribution in [3.05, 3.63) is 35.4 Å². The van der Waals surface area contributed by atoms with Gasteiger partial charge in [-0.3, -0.25) is 4.90 Å². The third-order valence-corrected chi connectivity index (χ3v) is 7.16. The van der Waals surface area contributed by atoms with Crippen LogP contribution in [0.15, 0.2) is 24.3 Å². The summed E-state index contributed by atoms with van der Waals surface area (Å²) in [6.07, 6.45) is 3.04. The first kappa shape index (κ1) is 25.1. The highest BCUT2D eigenvalue weighted by molar-refractivity contribution is 7.80. The van der Waals surface area contributed by atoms with Crippen LogP contribution in [0.25, 0.3) is 10.9 Å². The van der Waals surface area contributed by atoms with E-state index in [1.807, 2.05) is 0 Å². The second kappa shape index (κ2) is 11.5. The van der Waals surface area contributed by atoms with Gasteiger partial charge in [-0.15, -0.1) is 0 Å². The summed E-state index contributed by atoms with van der Waals surface area (Å²) in [6, 6.07) is 10.1. The minimum Gasteiger partial charge on any atom is -0.354 e. The predicted molar refractivity (Wildman–Crippen MR) is 143 cm³/mol. The van der Waals surface area contributed by atoms with Gasteiger partial charge in [-0.1, -0.05) is 25.2 Å². The van der Waals surface area contributed by atoms with Crippen molar-refractivity contribution in [1.82, 2.24) is 14.8 Å². The Bertz CT molecular complexity index is 892. The van der Waals surface area contributed by atoms with Crippen molar-refractivity contribution >= 4 is 33.8 Å². The molecular weight excluding hydrogens is 412 g/mol. The third kappa shape index (κ3) is 6.49. The molecule has 0 saturated carbocycles. The second-order valence-corrected chi connectivity index (χ2v) is 10.4. The summed E-state index contributed by atoms with van der Waals surface area (Å²) in [5, 5.41) is 1.26. The smallest absolute Gasteiger partial charge is 0.129 e. The molecule has 1 aromatic heterocycles.